The summed E-state index contributed by atoms with van der Waals surface area (Å²) in [7, 11) is 5.75. The van der Waals surface area contributed by atoms with Gasteiger partial charge in [-0.2, -0.15) is 0 Å². The van der Waals surface area contributed by atoms with Crippen LogP contribution in [0.15, 0.2) is 18.2 Å². The molecule has 1 aromatic carbocycles. The second-order valence-electron chi connectivity index (χ2n) is 7.03. The molecule has 2 aliphatic rings. The zero-order chi connectivity index (χ0) is 16.8. The maximum absolute atomic E-state index is 12.3. The number of hydrogen-bond donors (Lipinski definition) is 0. The van der Waals surface area contributed by atoms with Gasteiger partial charge in [-0.15, -0.1) is 11.6 Å². The number of halogens is 1. The number of methoxy groups -OCH3 is 1. The highest BCUT2D eigenvalue weighted by Crippen LogP contribution is 2.47. The molecule has 23 heavy (non-hydrogen) atoms. The van der Waals surface area contributed by atoms with Crippen LogP contribution in [0.25, 0.3) is 0 Å². The highest BCUT2D eigenvalue weighted by molar-refractivity contribution is 6.27. The van der Waals surface area contributed by atoms with Gasteiger partial charge in [0, 0.05) is 18.5 Å². The van der Waals surface area contributed by atoms with Crippen LogP contribution < -0.4 is 4.74 Å². The predicted octanol–water partition coefficient (Wildman–Crippen LogP) is 2.28. The summed E-state index contributed by atoms with van der Waals surface area (Å²) < 4.78 is 5.44. The first-order valence-electron chi connectivity index (χ1n) is 8.11. The van der Waals surface area contributed by atoms with Crippen LogP contribution in [0.3, 0.4) is 0 Å². The van der Waals surface area contributed by atoms with Crippen LogP contribution in [0, 0.1) is 0 Å². The van der Waals surface area contributed by atoms with Gasteiger partial charge in [0.1, 0.15) is 11.6 Å². The van der Waals surface area contributed by atoms with E-state index in [4.69, 9.17) is 16.3 Å². The van der Waals surface area contributed by atoms with Gasteiger partial charge >= 0.3 is 0 Å². The van der Waals surface area contributed by atoms with Crippen molar-refractivity contribution in [3.8, 4) is 5.75 Å². The summed E-state index contributed by atoms with van der Waals surface area (Å²) in [6.07, 6.45) is 1.97. The van der Waals surface area contributed by atoms with Crippen LogP contribution in [-0.4, -0.2) is 61.4 Å². The van der Waals surface area contributed by atoms with Crippen LogP contribution >= 0.6 is 11.6 Å². The first-order chi connectivity index (χ1) is 10.9. The van der Waals surface area contributed by atoms with Crippen LogP contribution in [0.2, 0.25) is 0 Å². The molecule has 4 nitrogen and oxygen atoms in total. The molecule has 1 amide bonds. The summed E-state index contributed by atoms with van der Waals surface area (Å²) in [5.74, 6) is 0.909. The molecule has 0 spiro atoms. The van der Waals surface area contributed by atoms with E-state index < -0.39 is 0 Å². The molecule has 5 heteroatoms. The van der Waals surface area contributed by atoms with Crippen molar-refractivity contribution in [2.75, 3.05) is 33.6 Å². The van der Waals surface area contributed by atoms with Crippen molar-refractivity contribution in [2.45, 2.75) is 37.3 Å². The van der Waals surface area contributed by atoms with Gasteiger partial charge in [0.15, 0.2) is 0 Å². The number of amides is 1. The van der Waals surface area contributed by atoms with E-state index in [0.29, 0.717) is 6.04 Å². The fourth-order valence-electron chi connectivity index (χ4n) is 4.50. The zero-order valence-corrected chi connectivity index (χ0v) is 15.1. The lowest BCUT2D eigenvalue weighted by Gasteiger charge is -2.57. The number of carbonyl (C=O) groups excluding carboxylic acids is 1. The quantitative estimate of drug-likeness (QED) is 0.794. The lowest BCUT2D eigenvalue weighted by molar-refractivity contribution is -0.134. The molecular formula is C18H25ClN2O2. The molecule has 0 radical (unpaired) electrons. The second kappa shape index (κ2) is 5.99. The molecule has 1 aliphatic heterocycles. The van der Waals surface area contributed by atoms with Crippen molar-refractivity contribution in [1.82, 2.24) is 9.80 Å². The van der Waals surface area contributed by atoms with Crippen molar-refractivity contribution in [3.05, 3.63) is 29.3 Å². The molecule has 0 saturated carbocycles. The smallest absolute Gasteiger partial charge is 0.237 e. The third-order valence-corrected chi connectivity index (χ3v) is 6.08. The summed E-state index contributed by atoms with van der Waals surface area (Å²) >= 11 is 5.83. The number of ether oxygens (including phenoxy) is 1. The standard InChI is InChI=1S/C18H25ClN2O2/c1-18-7-8-20(2)15(17(18)21(3)16(22)11-19)9-12-5-6-13(23-4)10-14(12)18/h5-6,10,15,17H,7-9,11H2,1-4H3/t15-,17+,18-/m1/s1. The first kappa shape index (κ1) is 16.6. The Bertz CT molecular complexity index is 621. The number of benzene rings is 1. The van der Waals surface area contributed by atoms with E-state index in [0.717, 1.165) is 25.1 Å². The molecular weight excluding hydrogens is 312 g/mol. The fourth-order valence-corrected chi connectivity index (χ4v) is 4.69. The Hall–Kier alpha value is -1.26. The van der Waals surface area contributed by atoms with Crippen LogP contribution in [0.1, 0.15) is 24.5 Å². The van der Waals surface area contributed by atoms with E-state index in [-0.39, 0.29) is 23.2 Å². The van der Waals surface area contributed by atoms with Crippen LogP contribution in [0.5, 0.6) is 5.75 Å². The summed E-state index contributed by atoms with van der Waals surface area (Å²) in [6.45, 7) is 3.32. The SMILES string of the molecule is COc1ccc2c(c1)[C@@]1(C)CCN(C)[C@H](C2)[C@@H]1N(C)C(=O)CCl. The van der Waals surface area contributed by atoms with E-state index in [1.165, 1.54) is 11.1 Å². The minimum absolute atomic E-state index is 0.00506. The zero-order valence-electron chi connectivity index (χ0n) is 14.3. The predicted molar refractivity (Wildman–Crippen MR) is 92.4 cm³/mol. The monoisotopic (exact) mass is 336 g/mol. The molecule has 1 aromatic rings. The van der Waals surface area contributed by atoms with E-state index >= 15 is 0 Å². The summed E-state index contributed by atoms with van der Waals surface area (Å²) in [4.78, 5) is 16.5. The lowest BCUT2D eigenvalue weighted by Crippen LogP contribution is -2.67. The average Bonchev–Trinajstić information content (AvgIpc) is 2.57. The third kappa shape index (κ3) is 2.52. The number of rotatable bonds is 3. The number of likely N-dealkylation sites (N-methyl/N-ethyl adjacent to an activating group) is 2. The molecule has 0 N–H and O–H groups in total. The molecule has 1 saturated heterocycles. The Balaban J connectivity index is 2.11. The summed E-state index contributed by atoms with van der Waals surface area (Å²) in [5.41, 5.74) is 2.61. The Morgan fingerprint density at radius 3 is 2.91 bits per heavy atom. The van der Waals surface area contributed by atoms with Gasteiger partial charge in [0.25, 0.3) is 0 Å². The number of piperidine rings is 1. The molecule has 2 bridgehead atoms. The topological polar surface area (TPSA) is 32.8 Å². The minimum atomic E-state index is -0.0736. The maximum atomic E-state index is 12.3. The van der Waals surface area contributed by atoms with Gasteiger partial charge < -0.3 is 14.5 Å². The number of fused-ring (bicyclic) bond motifs is 4. The van der Waals surface area contributed by atoms with Gasteiger partial charge in [0.2, 0.25) is 5.91 Å². The third-order valence-electron chi connectivity index (χ3n) is 5.85. The minimum Gasteiger partial charge on any atom is -0.497 e. The molecule has 3 atom stereocenters. The largest absolute Gasteiger partial charge is 0.497 e. The van der Waals surface area contributed by atoms with E-state index in [9.17, 15) is 4.79 Å². The van der Waals surface area contributed by atoms with Crippen molar-refractivity contribution in [2.24, 2.45) is 0 Å². The van der Waals surface area contributed by atoms with Gasteiger partial charge in [-0.3, -0.25) is 4.79 Å². The van der Waals surface area contributed by atoms with Crippen molar-refractivity contribution in [3.63, 3.8) is 0 Å². The molecule has 0 unspecified atom stereocenters. The first-order valence-corrected chi connectivity index (χ1v) is 8.65. The Kier molecular flexibility index (Phi) is 4.32. The summed E-state index contributed by atoms with van der Waals surface area (Å²) in [6, 6.07) is 6.83. The number of nitrogens with zero attached hydrogens (tertiary/aromatic N) is 2. The normalized spacial score (nSPS) is 29.8. The molecule has 3 rings (SSSR count). The Morgan fingerprint density at radius 2 is 2.26 bits per heavy atom. The van der Waals surface area contributed by atoms with E-state index in [1.807, 2.05) is 18.0 Å². The van der Waals surface area contributed by atoms with E-state index in [2.05, 4.69) is 31.0 Å². The Labute approximate surface area is 143 Å². The van der Waals surface area contributed by atoms with Crippen molar-refractivity contribution >= 4 is 17.5 Å². The average molecular weight is 337 g/mol. The van der Waals surface area contributed by atoms with Crippen molar-refractivity contribution in [1.29, 1.82) is 0 Å². The molecule has 1 fully saturated rings. The number of hydrogen-bond acceptors (Lipinski definition) is 3. The van der Waals surface area contributed by atoms with Gasteiger partial charge in [-0.05, 0) is 49.7 Å². The lowest BCUT2D eigenvalue weighted by atomic mass is 9.61. The van der Waals surface area contributed by atoms with Gasteiger partial charge in [0.05, 0.1) is 13.2 Å². The molecule has 126 valence electrons. The van der Waals surface area contributed by atoms with Gasteiger partial charge in [-0.25, -0.2) is 0 Å². The molecule has 0 aromatic heterocycles. The molecule has 1 aliphatic carbocycles. The molecule has 1 heterocycles. The van der Waals surface area contributed by atoms with Gasteiger partial charge in [-0.1, -0.05) is 13.0 Å². The van der Waals surface area contributed by atoms with Crippen LogP contribution in [0.4, 0.5) is 0 Å². The summed E-state index contributed by atoms with van der Waals surface area (Å²) in [5, 5.41) is 0. The Morgan fingerprint density at radius 1 is 1.52 bits per heavy atom. The van der Waals surface area contributed by atoms with Crippen LogP contribution in [-0.2, 0) is 16.6 Å². The number of carbonyl (C=O) groups is 1. The number of likely N-dealkylation sites (tertiary alicyclic amines) is 1. The second-order valence-corrected chi connectivity index (χ2v) is 7.29. The van der Waals surface area contributed by atoms with E-state index in [1.54, 1.807) is 7.11 Å². The van der Waals surface area contributed by atoms with Crippen molar-refractivity contribution < 1.29 is 9.53 Å². The maximum Gasteiger partial charge on any atom is 0.237 e. The fraction of sp³-hybridized carbons (Fsp3) is 0.611. The number of alkyl halides is 1. The highest BCUT2D eigenvalue weighted by Gasteiger charge is 2.52. The highest BCUT2D eigenvalue weighted by atomic mass is 35.5.